The fraction of sp³-hybridized carbons (Fsp3) is 0.789. The van der Waals surface area contributed by atoms with Gasteiger partial charge in [0.15, 0.2) is 0 Å². The summed E-state index contributed by atoms with van der Waals surface area (Å²) in [7, 11) is 1.81. The molecule has 138 valence electrons. The highest BCUT2D eigenvalue weighted by Crippen LogP contribution is 2.25. The minimum absolute atomic E-state index is 0.159. The summed E-state index contributed by atoms with van der Waals surface area (Å²) in [4.78, 5) is 23.3. The molecule has 0 amide bonds. The summed E-state index contributed by atoms with van der Waals surface area (Å²) in [5.41, 5.74) is 0.897. The summed E-state index contributed by atoms with van der Waals surface area (Å²) in [5, 5.41) is 0. The van der Waals surface area contributed by atoms with E-state index in [0.29, 0.717) is 6.04 Å². The van der Waals surface area contributed by atoms with Crippen LogP contribution in [0.5, 0.6) is 0 Å². The van der Waals surface area contributed by atoms with Gasteiger partial charge >= 0.3 is 5.69 Å². The highest BCUT2D eigenvalue weighted by atomic mass is 16.1. The van der Waals surface area contributed by atoms with E-state index >= 15 is 0 Å². The van der Waals surface area contributed by atoms with E-state index < -0.39 is 0 Å². The van der Waals surface area contributed by atoms with Crippen molar-refractivity contribution in [3.8, 4) is 0 Å². The first kappa shape index (κ1) is 17.2. The molecule has 4 rings (SSSR count). The molecule has 3 fully saturated rings. The average Bonchev–Trinajstić information content (AvgIpc) is 2.62. The van der Waals surface area contributed by atoms with Crippen molar-refractivity contribution >= 4 is 0 Å². The number of nitrogens with zero attached hydrogens (tertiary/aromatic N) is 5. The van der Waals surface area contributed by atoms with Crippen molar-refractivity contribution < 1.29 is 0 Å². The van der Waals surface area contributed by atoms with Gasteiger partial charge in [0.2, 0.25) is 0 Å². The molecule has 0 atom stereocenters. The van der Waals surface area contributed by atoms with E-state index in [2.05, 4.69) is 19.7 Å². The Morgan fingerprint density at radius 2 is 1.64 bits per heavy atom. The molecule has 1 saturated carbocycles. The predicted octanol–water partition coefficient (Wildman–Crippen LogP) is 0.915. The molecule has 3 aliphatic rings. The molecule has 25 heavy (non-hydrogen) atoms. The van der Waals surface area contributed by atoms with Gasteiger partial charge in [0.25, 0.3) is 0 Å². The van der Waals surface area contributed by atoms with Crippen LogP contribution in [-0.4, -0.2) is 75.6 Å². The molecule has 1 aromatic rings. The Balaban J connectivity index is 1.22. The van der Waals surface area contributed by atoms with Gasteiger partial charge in [-0.2, -0.15) is 0 Å². The second-order valence-corrected chi connectivity index (χ2v) is 7.99. The Bertz CT molecular complexity index is 625. The highest BCUT2D eigenvalue weighted by Gasteiger charge is 2.34. The normalized spacial score (nSPS) is 25.2. The Labute approximate surface area is 150 Å². The highest BCUT2D eigenvalue weighted by molar-refractivity contribution is 5.03. The number of hydrogen-bond donors (Lipinski definition) is 0. The van der Waals surface area contributed by atoms with Crippen LogP contribution in [0.4, 0.5) is 0 Å². The van der Waals surface area contributed by atoms with Gasteiger partial charge in [-0.25, -0.2) is 9.78 Å². The molecule has 6 nitrogen and oxygen atoms in total. The lowest BCUT2D eigenvalue weighted by Gasteiger charge is -2.49. The van der Waals surface area contributed by atoms with Gasteiger partial charge in [0, 0.05) is 76.8 Å². The Kier molecular flexibility index (Phi) is 5.20. The van der Waals surface area contributed by atoms with Gasteiger partial charge in [-0.1, -0.05) is 19.3 Å². The molecule has 2 aliphatic heterocycles. The first-order chi connectivity index (χ1) is 12.2. The molecule has 0 N–H and O–H groups in total. The molecule has 0 unspecified atom stereocenters. The van der Waals surface area contributed by atoms with Crippen LogP contribution < -0.4 is 5.69 Å². The Morgan fingerprint density at radius 3 is 2.32 bits per heavy atom. The van der Waals surface area contributed by atoms with Crippen molar-refractivity contribution in [2.24, 2.45) is 7.05 Å². The molecule has 6 heteroatoms. The summed E-state index contributed by atoms with van der Waals surface area (Å²) >= 11 is 0. The maximum atomic E-state index is 11.6. The van der Waals surface area contributed by atoms with Gasteiger partial charge in [-0.3, -0.25) is 19.3 Å². The summed E-state index contributed by atoms with van der Waals surface area (Å²) in [5.74, 6) is 0. The maximum absolute atomic E-state index is 11.6. The molecule has 0 radical (unpaired) electrons. The van der Waals surface area contributed by atoms with Crippen LogP contribution in [0.25, 0.3) is 0 Å². The van der Waals surface area contributed by atoms with E-state index in [0.717, 1.165) is 31.4 Å². The number of likely N-dealkylation sites (tertiary alicyclic amines) is 1. The molecular weight excluding hydrogens is 314 g/mol. The summed E-state index contributed by atoms with van der Waals surface area (Å²) in [6, 6.07) is 3.52. The van der Waals surface area contributed by atoms with Crippen molar-refractivity contribution in [3.63, 3.8) is 0 Å². The number of rotatable bonds is 4. The van der Waals surface area contributed by atoms with Gasteiger partial charge < -0.3 is 0 Å². The van der Waals surface area contributed by atoms with Crippen LogP contribution in [0.3, 0.4) is 0 Å². The van der Waals surface area contributed by atoms with Crippen molar-refractivity contribution in [2.75, 3.05) is 39.3 Å². The summed E-state index contributed by atoms with van der Waals surface area (Å²) in [6.07, 6.45) is 8.76. The predicted molar refractivity (Wildman–Crippen MR) is 98.6 cm³/mol. The number of hydrogen-bond acceptors (Lipinski definition) is 5. The third-order valence-corrected chi connectivity index (χ3v) is 6.45. The number of aromatic nitrogens is 2. The quantitative estimate of drug-likeness (QED) is 0.812. The van der Waals surface area contributed by atoms with Crippen molar-refractivity contribution in [3.05, 3.63) is 28.4 Å². The summed E-state index contributed by atoms with van der Waals surface area (Å²) < 4.78 is 1.66. The van der Waals surface area contributed by atoms with Crippen molar-refractivity contribution in [2.45, 2.75) is 50.7 Å². The molecular formula is C19H31N5O. The first-order valence-electron chi connectivity index (χ1n) is 9.92. The van der Waals surface area contributed by atoms with Gasteiger partial charge in [0.05, 0.1) is 0 Å². The second kappa shape index (κ2) is 7.56. The molecule has 0 bridgehead atoms. The fourth-order valence-electron chi connectivity index (χ4n) is 4.71. The van der Waals surface area contributed by atoms with E-state index in [9.17, 15) is 4.79 Å². The zero-order chi connectivity index (χ0) is 17.2. The van der Waals surface area contributed by atoms with Gasteiger partial charge in [0.1, 0.15) is 0 Å². The minimum Gasteiger partial charge on any atom is -0.298 e. The summed E-state index contributed by atoms with van der Waals surface area (Å²) in [6.45, 7) is 8.05. The third kappa shape index (κ3) is 3.81. The van der Waals surface area contributed by atoms with Crippen molar-refractivity contribution in [1.29, 1.82) is 0 Å². The van der Waals surface area contributed by atoms with E-state index in [1.165, 1.54) is 58.3 Å². The fourth-order valence-corrected chi connectivity index (χ4v) is 4.71. The first-order valence-corrected chi connectivity index (χ1v) is 9.92. The largest absolute Gasteiger partial charge is 0.347 e. The van der Waals surface area contributed by atoms with Crippen molar-refractivity contribution in [1.82, 2.24) is 24.3 Å². The molecule has 3 heterocycles. The van der Waals surface area contributed by atoms with E-state index in [1.54, 1.807) is 10.8 Å². The minimum atomic E-state index is -0.159. The Morgan fingerprint density at radius 1 is 1.00 bits per heavy atom. The van der Waals surface area contributed by atoms with Crippen LogP contribution in [0.1, 0.15) is 37.8 Å². The van der Waals surface area contributed by atoms with E-state index in [-0.39, 0.29) is 5.69 Å². The average molecular weight is 345 g/mol. The van der Waals surface area contributed by atoms with Crippen LogP contribution in [0.2, 0.25) is 0 Å². The van der Waals surface area contributed by atoms with Crippen LogP contribution >= 0.6 is 0 Å². The van der Waals surface area contributed by atoms with Crippen LogP contribution in [0, 0.1) is 0 Å². The topological polar surface area (TPSA) is 44.6 Å². The third-order valence-electron chi connectivity index (χ3n) is 6.45. The van der Waals surface area contributed by atoms with E-state index in [4.69, 9.17) is 0 Å². The molecule has 2 saturated heterocycles. The molecule has 1 aromatic heterocycles. The van der Waals surface area contributed by atoms with Gasteiger partial charge in [-0.15, -0.1) is 0 Å². The lowest BCUT2D eigenvalue weighted by molar-refractivity contribution is -0.0112. The standard InChI is InChI=1S/C19H31N5O/c1-21-17(7-8-20-19(21)25)13-22-14-18(15-22)24-11-9-23(10-12-24)16-5-3-2-4-6-16/h7-8,16,18H,2-6,9-15H2,1H3. The molecule has 0 aromatic carbocycles. The zero-order valence-electron chi connectivity index (χ0n) is 15.4. The maximum Gasteiger partial charge on any atom is 0.347 e. The van der Waals surface area contributed by atoms with Crippen LogP contribution in [0.15, 0.2) is 17.1 Å². The van der Waals surface area contributed by atoms with E-state index in [1.807, 2.05) is 13.1 Å². The van der Waals surface area contributed by atoms with Gasteiger partial charge in [-0.05, 0) is 18.9 Å². The monoisotopic (exact) mass is 345 g/mol. The Hall–Kier alpha value is -1.24. The lowest BCUT2D eigenvalue weighted by Crippen LogP contribution is -2.63. The molecule has 1 aliphatic carbocycles. The SMILES string of the molecule is Cn1c(CN2CC(N3CCN(C4CCCCC4)CC3)C2)ccnc1=O. The second-order valence-electron chi connectivity index (χ2n) is 7.99. The number of piperazine rings is 1. The zero-order valence-corrected chi connectivity index (χ0v) is 15.4. The smallest absolute Gasteiger partial charge is 0.298 e. The van der Waals surface area contributed by atoms with Crippen LogP contribution in [-0.2, 0) is 13.6 Å². The molecule has 0 spiro atoms. The lowest BCUT2D eigenvalue weighted by atomic mass is 9.93.